The topological polar surface area (TPSA) is 77.6 Å². The Hall–Kier alpha value is -3.48. The smallest absolute Gasteiger partial charge is 0.246 e. The molecule has 3 heterocycles. The molecule has 0 unspecified atom stereocenters. The SMILES string of the molecule is CCn1cc(NC(=O)Cn2nc(C)c3c(-c4ccc(C)cc4)ccnc32)cn1. The molecule has 142 valence electrons. The minimum atomic E-state index is -0.164. The van der Waals surface area contributed by atoms with Crippen LogP contribution in [0.5, 0.6) is 0 Å². The molecule has 0 aliphatic carbocycles. The molecule has 1 amide bonds. The number of anilines is 1. The van der Waals surface area contributed by atoms with Crippen molar-refractivity contribution in [2.24, 2.45) is 0 Å². The molecule has 0 saturated carbocycles. The van der Waals surface area contributed by atoms with Gasteiger partial charge in [0.15, 0.2) is 5.65 Å². The molecular weight excluding hydrogens is 352 g/mol. The van der Waals surface area contributed by atoms with Gasteiger partial charge in [-0.25, -0.2) is 9.67 Å². The van der Waals surface area contributed by atoms with E-state index in [4.69, 9.17) is 0 Å². The summed E-state index contributed by atoms with van der Waals surface area (Å²) in [5, 5.41) is 12.6. The summed E-state index contributed by atoms with van der Waals surface area (Å²) >= 11 is 0. The third-order valence-corrected chi connectivity index (χ3v) is 4.70. The lowest BCUT2D eigenvalue weighted by atomic mass is 10.0. The second-order valence-corrected chi connectivity index (χ2v) is 6.80. The molecule has 4 rings (SSSR count). The molecule has 7 heteroatoms. The van der Waals surface area contributed by atoms with Crippen LogP contribution in [0.15, 0.2) is 48.9 Å². The van der Waals surface area contributed by atoms with Crippen LogP contribution < -0.4 is 5.32 Å². The van der Waals surface area contributed by atoms with Crippen LogP contribution in [-0.4, -0.2) is 30.5 Å². The van der Waals surface area contributed by atoms with Crippen molar-refractivity contribution in [1.82, 2.24) is 24.5 Å². The van der Waals surface area contributed by atoms with Gasteiger partial charge in [0.1, 0.15) is 6.54 Å². The number of fused-ring (bicyclic) bond motifs is 1. The number of amides is 1. The third-order valence-electron chi connectivity index (χ3n) is 4.70. The summed E-state index contributed by atoms with van der Waals surface area (Å²) in [5.74, 6) is -0.164. The highest BCUT2D eigenvalue weighted by atomic mass is 16.2. The number of nitrogens with one attached hydrogen (secondary N) is 1. The number of hydrogen-bond donors (Lipinski definition) is 1. The molecule has 0 spiro atoms. The van der Waals surface area contributed by atoms with E-state index >= 15 is 0 Å². The molecule has 28 heavy (non-hydrogen) atoms. The molecule has 1 aromatic carbocycles. The first-order chi connectivity index (χ1) is 13.5. The van der Waals surface area contributed by atoms with Crippen LogP contribution in [0.4, 0.5) is 5.69 Å². The van der Waals surface area contributed by atoms with Gasteiger partial charge in [-0.3, -0.25) is 9.48 Å². The second-order valence-electron chi connectivity index (χ2n) is 6.80. The molecule has 1 N–H and O–H groups in total. The van der Waals surface area contributed by atoms with E-state index < -0.39 is 0 Å². The van der Waals surface area contributed by atoms with Crippen LogP contribution in [0.1, 0.15) is 18.2 Å². The van der Waals surface area contributed by atoms with Gasteiger partial charge in [0.25, 0.3) is 0 Å². The number of carbonyl (C=O) groups excluding carboxylic acids is 1. The molecule has 0 radical (unpaired) electrons. The standard InChI is InChI=1S/C21H22N6O/c1-4-26-12-17(11-23-26)24-19(28)13-27-21-20(15(3)25-27)18(9-10-22-21)16-7-5-14(2)6-8-16/h5-12H,4,13H2,1-3H3,(H,24,28). The summed E-state index contributed by atoms with van der Waals surface area (Å²) < 4.78 is 3.42. The van der Waals surface area contributed by atoms with Crippen molar-refractivity contribution in [2.45, 2.75) is 33.9 Å². The maximum absolute atomic E-state index is 12.5. The monoisotopic (exact) mass is 374 g/mol. The summed E-state index contributed by atoms with van der Waals surface area (Å²) in [7, 11) is 0. The largest absolute Gasteiger partial charge is 0.322 e. The Bertz CT molecular complexity index is 1140. The molecule has 0 bridgehead atoms. The molecule has 0 fully saturated rings. The van der Waals surface area contributed by atoms with E-state index in [0.717, 1.165) is 28.8 Å². The van der Waals surface area contributed by atoms with Crippen molar-refractivity contribution in [3.05, 3.63) is 60.2 Å². The van der Waals surface area contributed by atoms with E-state index in [1.54, 1.807) is 28.0 Å². The van der Waals surface area contributed by atoms with E-state index in [2.05, 4.69) is 51.7 Å². The zero-order valence-corrected chi connectivity index (χ0v) is 16.2. The lowest BCUT2D eigenvalue weighted by Gasteiger charge is -2.06. The van der Waals surface area contributed by atoms with Gasteiger partial charge in [0.2, 0.25) is 5.91 Å². The highest BCUT2D eigenvalue weighted by Crippen LogP contribution is 2.30. The normalized spacial score (nSPS) is 11.1. The number of aromatic nitrogens is 5. The third kappa shape index (κ3) is 3.38. The Morgan fingerprint density at radius 3 is 2.64 bits per heavy atom. The van der Waals surface area contributed by atoms with Gasteiger partial charge in [-0.2, -0.15) is 10.2 Å². The van der Waals surface area contributed by atoms with Crippen molar-refractivity contribution < 1.29 is 4.79 Å². The number of benzene rings is 1. The van der Waals surface area contributed by atoms with E-state index in [0.29, 0.717) is 11.3 Å². The van der Waals surface area contributed by atoms with Gasteiger partial charge in [0, 0.05) is 24.3 Å². The highest BCUT2D eigenvalue weighted by molar-refractivity contribution is 5.96. The first kappa shape index (κ1) is 17.9. The number of aryl methyl sites for hydroxylation is 3. The van der Waals surface area contributed by atoms with Crippen molar-refractivity contribution >= 4 is 22.6 Å². The lowest BCUT2D eigenvalue weighted by molar-refractivity contribution is -0.116. The zero-order valence-electron chi connectivity index (χ0n) is 16.2. The fourth-order valence-corrected chi connectivity index (χ4v) is 3.30. The summed E-state index contributed by atoms with van der Waals surface area (Å²) in [6, 6.07) is 10.4. The lowest BCUT2D eigenvalue weighted by Crippen LogP contribution is -2.19. The summed E-state index contributed by atoms with van der Waals surface area (Å²) in [6.07, 6.45) is 5.21. The fourth-order valence-electron chi connectivity index (χ4n) is 3.30. The van der Waals surface area contributed by atoms with Crippen LogP contribution in [0, 0.1) is 13.8 Å². The summed E-state index contributed by atoms with van der Waals surface area (Å²) in [4.78, 5) is 17.0. The maximum atomic E-state index is 12.5. The van der Waals surface area contributed by atoms with Crippen LogP contribution in [0.25, 0.3) is 22.2 Å². The highest BCUT2D eigenvalue weighted by Gasteiger charge is 2.16. The fraction of sp³-hybridized carbons (Fsp3) is 0.238. The predicted molar refractivity (Wildman–Crippen MR) is 109 cm³/mol. The van der Waals surface area contributed by atoms with Gasteiger partial charge in [-0.1, -0.05) is 29.8 Å². The quantitative estimate of drug-likeness (QED) is 0.579. The predicted octanol–water partition coefficient (Wildman–Crippen LogP) is 3.57. The van der Waals surface area contributed by atoms with Gasteiger partial charge in [-0.15, -0.1) is 0 Å². The number of pyridine rings is 1. The molecule has 0 saturated heterocycles. The Kier molecular flexibility index (Phi) is 4.65. The van der Waals surface area contributed by atoms with Crippen molar-refractivity contribution in [2.75, 3.05) is 5.32 Å². The first-order valence-corrected chi connectivity index (χ1v) is 9.26. The maximum Gasteiger partial charge on any atom is 0.246 e. The Balaban J connectivity index is 1.64. The molecule has 0 aliphatic rings. The van der Waals surface area contributed by atoms with Gasteiger partial charge >= 0.3 is 0 Å². The molecule has 7 nitrogen and oxygen atoms in total. The zero-order chi connectivity index (χ0) is 19.7. The second kappa shape index (κ2) is 7.26. The van der Waals surface area contributed by atoms with E-state index in [1.807, 2.05) is 19.9 Å². The van der Waals surface area contributed by atoms with Crippen LogP contribution >= 0.6 is 0 Å². The van der Waals surface area contributed by atoms with E-state index in [1.165, 1.54) is 5.56 Å². The summed E-state index contributed by atoms with van der Waals surface area (Å²) in [5.41, 5.74) is 5.62. The van der Waals surface area contributed by atoms with Crippen LogP contribution in [-0.2, 0) is 17.9 Å². The number of rotatable bonds is 5. The van der Waals surface area contributed by atoms with E-state index in [-0.39, 0.29) is 12.5 Å². The molecule has 0 atom stereocenters. The Morgan fingerprint density at radius 1 is 1.14 bits per heavy atom. The van der Waals surface area contributed by atoms with E-state index in [9.17, 15) is 4.79 Å². The Labute approximate surface area is 163 Å². The van der Waals surface area contributed by atoms with Gasteiger partial charge in [-0.05, 0) is 38.0 Å². The average molecular weight is 374 g/mol. The van der Waals surface area contributed by atoms with Crippen molar-refractivity contribution in [1.29, 1.82) is 0 Å². The van der Waals surface area contributed by atoms with Crippen LogP contribution in [0.2, 0.25) is 0 Å². The molecule has 3 aromatic heterocycles. The average Bonchev–Trinajstić information content (AvgIpc) is 3.27. The minimum Gasteiger partial charge on any atom is -0.322 e. The molecule has 4 aromatic rings. The van der Waals surface area contributed by atoms with Gasteiger partial charge in [0.05, 0.1) is 17.6 Å². The number of hydrogen-bond acceptors (Lipinski definition) is 4. The molecular formula is C21H22N6O. The van der Waals surface area contributed by atoms with Crippen molar-refractivity contribution in [3.63, 3.8) is 0 Å². The number of nitrogens with zero attached hydrogens (tertiary/aromatic N) is 5. The van der Waals surface area contributed by atoms with Crippen molar-refractivity contribution in [3.8, 4) is 11.1 Å². The number of carbonyl (C=O) groups is 1. The van der Waals surface area contributed by atoms with Gasteiger partial charge < -0.3 is 5.32 Å². The Morgan fingerprint density at radius 2 is 1.93 bits per heavy atom. The molecule has 0 aliphatic heterocycles. The summed E-state index contributed by atoms with van der Waals surface area (Å²) in [6.45, 7) is 6.85. The first-order valence-electron chi connectivity index (χ1n) is 9.26. The van der Waals surface area contributed by atoms with Crippen LogP contribution in [0.3, 0.4) is 0 Å². The minimum absolute atomic E-state index is 0.0893.